The van der Waals surface area contributed by atoms with E-state index < -0.39 is 0 Å². The molecule has 0 saturated carbocycles. The minimum atomic E-state index is -0.310. The van der Waals surface area contributed by atoms with Gasteiger partial charge in [-0.1, -0.05) is 11.6 Å². The molecule has 0 aliphatic carbocycles. The molecule has 0 spiro atoms. The van der Waals surface area contributed by atoms with Crippen LogP contribution in [0.1, 0.15) is 17.5 Å². The number of aromatic nitrogens is 2. The van der Waals surface area contributed by atoms with Crippen molar-refractivity contribution in [3.8, 4) is 0 Å². The van der Waals surface area contributed by atoms with Crippen molar-refractivity contribution in [2.75, 3.05) is 0 Å². The number of fused-ring (bicyclic) bond motifs is 1. The van der Waals surface area contributed by atoms with Crippen LogP contribution < -0.4 is 11.3 Å². The number of nitrogens with zero attached hydrogens (tertiary/aromatic N) is 2. The average Bonchev–Trinajstić information content (AvgIpc) is 2.98. The van der Waals surface area contributed by atoms with E-state index in [0.717, 1.165) is 28.4 Å². The number of halogens is 1. The van der Waals surface area contributed by atoms with Gasteiger partial charge in [0.1, 0.15) is 23.1 Å². The molecule has 7 heteroatoms. The molecule has 0 aliphatic rings. The van der Waals surface area contributed by atoms with E-state index in [1.807, 2.05) is 18.2 Å². The molecule has 3 N–H and O–H groups in total. The molecule has 2 aromatic heterocycles. The fraction of sp³-hybridized carbons (Fsp3) is 0.0909. The monoisotopic (exact) mass is 280 g/mol. The van der Waals surface area contributed by atoms with Crippen LogP contribution in [0.25, 0.3) is 11.0 Å². The lowest BCUT2D eigenvalue weighted by molar-refractivity contribution is 0.473. The Bertz CT molecular complexity index is 667. The first-order valence-corrected chi connectivity index (χ1v) is 6.31. The van der Waals surface area contributed by atoms with Crippen LogP contribution in [0.3, 0.4) is 0 Å². The Kier molecular flexibility index (Phi) is 3.00. The van der Waals surface area contributed by atoms with Gasteiger partial charge in [-0.3, -0.25) is 5.84 Å². The van der Waals surface area contributed by atoms with Crippen LogP contribution >= 0.6 is 23.3 Å². The maximum Gasteiger partial charge on any atom is 0.134 e. The summed E-state index contributed by atoms with van der Waals surface area (Å²) in [6.07, 6.45) is 1.66. The van der Waals surface area contributed by atoms with Crippen molar-refractivity contribution >= 4 is 34.3 Å². The molecule has 0 fully saturated rings. The van der Waals surface area contributed by atoms with Crippen molar-refractivity contribution in [2.24, 2.45) is 5.84 Å². The molecule has 92 valence electrons. The van der Waals surface area contributed by atoms with Gasteiger partial charge in [0.15, 0.2) is 0 Å². The van der Waals surface area contributed by atoms with Crippen molar-refractivity contribution in [3.05, 3.63) is 46.9 Å². The van der Waals surface area contributed by atoms with Gasteiger partial charge in [0.25, 0.3) is 0 Å². The quantitative estimate of drug-likeness (QED) is 0.569. The van der Waals surface area contributed by atoms with E-state index in [2.05, 4.69) is 14.2 Å². The van der Waals surface area contributed by atoms with Gasteiger partial charge >= 0.3 is 0 Å². The predicted molar refractivity (Wildman–Crippen MR) is 70.3 cm³/mol. The number of nitrogens with one attached hydrogen (secondary N) is 1. The molecule has 18 heavy (non-hydrogen) atoms. The maximum atomic E-state index is 5.94. The second kappa shape index (κ2) is 4.66. The summed E-state index contributed by atoms with van der Waals surface area (Å²) in [5.74, 6) is 6.23. The first-order chi connectivity index (χ1) is 8.78. The van der Waals surface area contributed by atoms with E-state index in [1.54, 1.807) is 12.3 Å². The topological polar surface area (TPSA) is 77.0 Å². The number of rotatable bonds is 3. The maximum absolute atomic E-state index is 5.94. The molecule has 0 radical (unpaired) electrons. The zero-order valence-corrected chi connectivity index (χ0v) is 10.7. The summed E-state index contributed by atoms with van der Waals surface area (Å²) < 4.78 is 13.8. The SMILES string of the molecule is NNC(c1cnsn1)c1cc2cc(Cl)ccc2o1. The van der Waals surface area contributed by atoms with Crippen molar-refractivity contribution in [1.29, 1.82) is 0 Å². The second-order valence-electron chi connectivity index (χ2n) is 3.76. The van der Waals surface area contributed by atoms with Gasteiger partial charge in [0.05, 0.1) is 17.9 Å². The van der Waals surface area contributed by atoms with Gasteiger partial charge < -0.3 is 4.42 Å². The minimum absolute atomic E-state index is 0.310. The summed E-state index contributed by atoms with van der Waals surface area (Å²) in [6, 6.07) is 7.04. The molecule has 1 atom stereocenters. The molecule has 0 saturated heterocycles. The van der Waals surface area contributed by atoms with Gasteiger partial charge in [-0.2, -0.15) is 8.75 Å². The summed E-state index contributed by atoms with van der Waals surface area (Å²) in [6.45, 7) is 0. The van der Waals surface area contributed by atoms with Gasteiger partial charge in [-0.05, 0) is 24.3 Å². The van der Waals surface area contributed by atoms with E-state index in [9.17, 15) is 0 Å². The van der Waals surface area contributed by atoms with Gasteiger partial charge in [-0.15, -0.1) is 0 Å². The number of hydrazine groups is 1. The third-order valence-corrected chi connectivity index (χ3v) is 3.35. The first kappa shape index (κ1) is 11.6. The van der Waals surface area contributed by atoms with E-state index >= 15 is 0 Å². The van der Waals surface area contributed by atoms with Crippen LogP contribution in [0.5, 0.6) is 0 Å². The average molecular weight is 281 g/mol. The Balaban J connectivity index is 2.07. The highest BCUT2D eigenvalue weighted by Gasteiger charge is 2.19. The summed E-state index contributed by atoms with van der Waals surface area (Å²) in [7, 11) is 0. The largest absolute Gasteiger partial charge is 0.459 e. The minimum Gasteiger partial charge on any atom is -0.459 e. The van der Waals surface area contributed by atoms with Crippen molar-refractivity contribution < 1.29 is 4.42 Å². The van der Waals surface area contributed by atoms with Crippen molar-refractivity contribution in [3.63, 3.8) is 0 Å². The van der Waals surface area contributed by atoms with Crippen LogP contribution in [0, 0.1) is 0 Å². The second-order valence-corrected chi connectivity index (χ2v) is 4.76. The van der Waals surface area contributed by atoms with Gasteiger partial charge in [0.2, 0.25) is 0 Å². The highest BCUT2D eigenvalue weighted by atomic mass is 35.5. The van der Waals surface area contributed by atoms with Crippen LogP contribution in [0.4, 0.5) is 0 Å². The number of benzene rings is 1. The molecule has 3 rings (SSSR count). The highest BCUT2D eigenvalue weighted by molar-refractivity contribution is 6.99. The fourth-order valence-corrected chi connectivity index (χ4v) is 2.42. The Hall–Kier alpha value is -1.47. The third-order valence-electron chi connectivity index (χ3n) is 2.62. The molecule has 0 bridgehead atoms. The lowest BCUT2D eigenvalue weighted by atomic mass is 10.1. The standard InChI is InChI=1S/C11H9ClN4OS/c12-7-1-2-9-6(3-7)4-10(17-9)11(15-13)8-5-14-18-16-8/h1-5,11,15H,13H2. The number of hydrogen-bond acceptors (Lipinski definition) is 6. The summed E-state index contributed by atoms with van der Waals surface area (Å²) in [5, 5.41) is 1.60. The van der Waals surface area contributed by atoms with E-state index in [1.165, 1.54) is 0 Å². The Labute approximate surface area is 112 Å². The van der Waals surface area contributed by atoms with E-state index in [-0.39, 0.29) is 6.04 Å². The first-order valence-electron chi connectivity index (χ1n) is 5.20. The Morgan fingerprint density at radius 1 is 1.39 bits per heavy atom. The third kappa shape index (κ3) is 1.99. The van der Waals surface area contributed by atoms with Crippen LogP contribution in [-0.4, -0.2) is 8.75 Å². The molecule has 1 unspecified atom stereocenters. The molecule has 5 nitrogen and oxygen atoms in total. The normalized spacial score (nSPS) is 13.0. The molecule has 0 amide bonds. The lowest BCUT2D eigenvalue weighted by Gasteiger charge is -2.08. The molecule has 1 aromatic carbocycles. The Morgan fingerprint density at radius 2 is 2.28 bits per heavy atom. The Morgan fingerprint density at radius 3 is 3.00 bits per heavy atom. The number of hydrogen-bond donors (Lipinski definition) is 2. The van der Waals surface area contributed by atoms with Crippen LogP contribution in [0.15, 0.2) is 34.9 Å². The van der Waals surface area contributed by atoms with Gasteiger partial charge in [0, 0.05) is 10.4 Å². The van der Waals surface area contributed by atoms with Gasteiger partial charge in [-0.25, -0.2) is 5.43 Å². The zero-order chi connectivity index (χ0) is 12.5. The van der Waals surface area contributed by atoms with Crippen LogP contribution in [0.2, 0.25) is 5.02 Å². The molecule has 3 aromatic rings. The smallest absolute Gasteiger partial charge is 0.134 e. The lowest BCUT2D eigenvalue weighted by Crippen LogP contribution is -2.28. The van der Waals surface area contributed by atoms with E-state index in [4.69, 9.17) is 21.9 Å². The summed E-state index contributed by atoms with van der Waals surface area (Å²) >= 11 is 7.07. The molecular weight excluding hydrogens is 272 g/mol. The van der Waals surface area contributed by atoms with E-state index in [0.29, 0.717) is 10.8 Å². The fourth-order valence-electron chi connectivity index (χ4n) is 1.79. The van der Waals surface area contributed by atoms with Crippen molar-refractivity contribution in [1.82, 2.24) is 14.2 Å². The zero-order valence-electron chi connectivity index (χ0n) is 9.13. The molecular formula is C11H9ClN4OS. The van der Waals surface area contributed by atoms with Crippen molar-refractivity contribution in [2.45, 2.75) is 6.04 Å². The molecule has 0 aliphatic heterocycles. The molecule has 2 heterocycles. The predicted octanol–water partition coefficient (Wildman–Crippen LogP) is 2.49. The highest BCUT2D eigenvalue weighted by Crippen LogP contribution is 2.28. The number of nitrogens with two attached hydrogens (primary N) is 1. The summed E-state index contributed by atoms with van der Waals surface area (Å²) in [4.78, 5) is 0. The number of furan rings is 1. The summed E-state index contributed by atoms with van der Waals surface area (Å²) in [5.41, 5.74) is 4.16. The van der Waals surface area contributed by atoms with Crippen LogP contribution in [-0.2, 0) is 0 Å².